The Bertz CT molecular complexity index is 682. The summed E-state index contributed by atoms with van der Waals surface area (Å²) in [6.07, 6.45) is 0. The first kappa shape index (κ1) is 12.8. The number of ether oxygens (including phenoxy) is 1. The maximum atomic E-state index is 11.4. The SMILES string of the molecule is COc1cc(C#N)ccc1-n1nnc(C(C)=O)c1C. The van der Waals surface area contributed by atoms with Crippen molar-refractivity contribution in [2.75, 3.05) is 7.11 Å². The molecule has 1 aromatic heterocycles. The molecule has 0 aliphatic carbocycles. The van der Waals surface area contributed by atoms with Gasteiger partial charge >= 0.3 is 0 Å². The number of aromatic nitrogens is 3. The van der Waals surface area contributed by atoms with Gasteiger partial charge in [0.15, 0.2) is 11.5 Å². The van der Waals surface area contributed by atoms with Crippen molar-refractivity contribution < 1.29 is 9.53 Å². The lowest BCUT2D eigenvalue weighted by atomic mass is 10.2. The van der Waals surface area contributed by atoms with Gasteiger partial charge in [-0.15, -0.1) is 5.10 Å². The van der Waals surface area contributed by atoms with E-state index in [0.717, 1.165) is 0 Å². The van der Waals surface area contributed by atoms with Crippen LogP contribution < -0.4 is 4.74 Å². The van der Waals surface area contributed by atoms with Gasteiger partial charge in [0.05, 0.1) is 24.4 Å². The van der Waals surface area contributed by atoms with Gasteiger partial charge in [0.1, 0.15) is 11.4 Å². The van der Waals surface area contributed by atoms with E-state index in [0.29, 0.717) is 28.4 Å². The van der Waals surface area contributed by atoms with Crippen LogP contribution in [0.1, 0.15) is 28.7 Å². The fourth-order valence-corrected chi connectivity index (χ4v) is 1.81. The molecule has 0 saturated carbocycles. The molecule has 6 heteroatoms. The summed E-state index contributed by atoms with van der Waals surface area (Å²) in [5.41, 5.74) is 2.09. The van der Waals surface area contributed by atoms with Crippen molar-refractivity contribution >= 4 is 5.78 Å². The lowest BCUT2D eigenvalue weighted by Gasteiger charge is -2.09. The normalized spacial score (nSPS) is 10.0. The van der Waals surface area contributed by atoms with Crippen LogP contribution in [-0.4, -0.2) is 27.9 Å². The minimum Gasteiger partial charge on any atom is -0.494 e. The Morgan fingerprint density at radius 2 is 2.21 bits per heavy atom. The smallest absolute Gasteiger partial charge is 0.181 e. The molecule has 0 N–H and O–H groups in total. The summed E-state index contributed by atoms with van der Waals surface area (Å²) >= 11 is 0. The van der Waals surface area contributed by atoms with Crippen LogP contribution in [0.15, 0.2) is 18.2 Å². The Labute approximate surface area is 110 Å². The average Bonchev–Trinajstić information content (AvgIpc) is 2.79. The largest absolute Gasteiger partial charge is 0.494 e. The number of hydrogen-bond donors (Lipinski definition) is 0. The molecular formula is C13H12N4O2. The van der Waals surface area contributed by atoms with Crippen molar-refractivity contribution in [2.45, 2.75) is 13.8 Å². The lowest BCUT2D eigenvalue weighted by molar-refractivity contribution is 0.101. The Balaban J connectivity index is 2.59. The highest BCUT2D eigenvalue weighted by atomic mass is 16.5. The van der Waals surface area contributed by atoms with Crippen molar-refractivity contribution in [1.82, 2.24) is 15.0 Å². The molecule has 0 saturated heterocycles. The number of benzene rings is 1. The highest BCUT2D eigenvalue weighted by molar-refractivity contribution is 5.93. The number of nitrogens with zero attached hydrogens (tertiary/aromatic N) is 4. The first-order chi connectivity index (χ1) is 9.08. The van der Waals surface area contributed by atoms with Gasteiger partial charge < -0.3 is 4.74 Å². The van der Waals surface area contributed by atoms with Crippen LogP contribution >= 0.6 is 0 Å². The zero-order valence-electron chi connectivity index (χ0n) is 10.8. The maximum Gasteiger partial charge on any atom is 0.181 e. The van der Waals surface area contributed by atoms with Gasteiger partial charge in [-0.2, -0.15) is 5.26 Å². The van der Waals surface area contributed by atoms with Crippen molar-refractivity contribution in [1.29, 1.82) is 5.26 Å². The molecule has 6 nitrogen and oxygen atoms in total. The van der Waals surface area contributed by atoms with Gasteiger partial charge in [-0.25, -0.2) is 4.68 Å². The fraction of sp³-hybridized carbons (Fsp3) is 0.231. The number of carbonyl (C=O) groups is 1. The van der Waals surface area contributed by atoms with E-state index in [2.05, 4.69) is 10.3 Å². The van der Waals surface area contributed by atoms with Crippen molar-refractivity contribution in [3.63, 3.8) is 0 Å². The topological polar surface area (TPSA) is 80.8 Å². The lowest BCUT2D eigenvalue weighted by Crippen LogP contribution is -2.03. The summed E-state index contributed by atoms with van der Waals surface area (Å²) in [6.45, 7) is 3.20. The second-order valence-electron chi connectivity index (χ2n) is 3.99. The van der Waals surface area contributed by atoms with E-state index in [1.165, 1.54) is 18.7 Å². The summed E-state index contributed by atoms with van der Waals surface area (Å²) in [7, 11) is 1.51. The second-order valence-corrected chi connectivity index (χ2v) is 3.99. The zero-order valence-corrected chi connectivity index (χ0v) is 10.8. The van der Waals surface area contributed by atoms with Gasteiger partial charge in [0.2, 0.25) is 0 Å². The number of carbonyl (C=O) groups excluding carboxylic acids is 1. The zero-order chi connectivity index (χ0) is 14.0. The predicted molar refractivity (Wildman–Crippen MR) is 67.4 cm³/mol. The molecule has 96 valence electrons. The third-order valence-electron chi connectivity index (χ3n) is 2.77. The maximum absolute atomic E-state index is 11.4. The minimum absolute atomic E-state index is 0.142. The number of methoxy groups -OCH3 is 1. The quantitative estimate of drug-likeness (QED) is 0.780. The summed E-state index contributed by atoms with van der Waals surface area (Å²) < 4.78 is 6.77. The van der Waals surface area contributed by atoms with Crippen LogP contribution in [0.4, 0.5) is 0 Å². The molecule has 0 amide bonds. The second kappa shape index (κ2) is 4.90. The number of nitriles is 1. The molecule has 0 atom stereocenters. The monoisotopic (exact) mass is 256 g/mol. The molecule has 1 aromatic carbocycles. The fourth-order valence-electron chi connectivity index (χ4n) is 1.81. The van der Waals surface area contributed by atoms with Crippen LogP contribution in [0, 0.1) is 18.3 Å². The predicted octanol–water partition coefficient (Wildman–Crippen LogP) is 1.66. The summed E-state index contributed by atoms with van der Waals surface area (Å²) in [5, 5.41) is 16.7. The third kappa shape index (κ3) is 2.18. The van der Waals surface area contributed by atoms with Crippen LogP contribution in [0.25, 0.3) is 5.69 Å². The first-order valence-electron chi connectivity index (χ1n) is 5.60. The van der Waals surface area contributed by atoms with E-state index in [-0.39, 0.29) is 5.78 Å². The molecule has 1 heterocycles. The summed E-state index contributed by atoms with van der Waals surface area (Å²) in [6, 6.07) is 7.02. The van der Waals surface area contributed by atoms with Gasteiger partial charge in [0, 0.05) is 13.0 Å². The number of Topliss-reactive ketones (excluding diaryl/α,β-unsaturated/α-hetero) is 1. The van der Waals surface area contributed by atoms with E-state index in [1.807, 2.05) is 6.07 Å². The Kier molecular flexibility index (Phi) is 3.29. The highest BCUT2D eigenvalue weighted by Crippen LogP contribution is 2.25. The third-order valence-corrected chi connectivity index (χ3v) is 2.77. The Morgan fingerprint density at radius 1 is 1.47 bits per heavy atom. The molecule has 0 aliphatic rings. The molecule has 0 radical (unpaired) electrons. The van der Waals surface area contributed by atoms with Gasteiger partial charge in [-0.3, -0.25) is 4.79 Å². The Hall–Kier alpha value is -2.68. The summed E-state index contributed by atoms with van der Waals surface area (Å²) in [5.74, 6) is 0.360. The Morgan fingerprint density at radius 3 is 2.74 bits per heavy atom. The van der Waals surface area contributed by atoms with E-state index < -0.39 is 0 Å². The van der Waals surface area contributed by atoms with Crippen molar-refractivity contribution in [2.24, 2.45) is 0 Å². The molecule has 2 rings (SSSR count). The molecule has 0 aliphatic heterocycles. The van der Waals surface area contributed by atoms with E-state index in [1.54, 1.807) is 25.1 Å². The molecule has 0 fully saturated rings. The first-order valence-corrected chi connectivity index (χ1v) is 5.60. The minimum atomic E-state index is -0.142. The van der Waals surface area contributed by atoms with Gasteiger partial charge in [-0.05, 0) is 19.1 Å². The summed E-state index contributed by atoms with van der Waals surface area (Å²) in [4.78, 5) is 11.4. The van der Waals surface area contributed by atoms with Crippen LogP contribution in [0.5, 0.6) is 5.75 Å². The van der Waals surface area contributed by atoms with Crippen LogP contribution in [0.3, 0.4) is 0 Å². The van der Waals surface area contributed by atoms with Crippen LogP contribution in [-0.2, 0) is 0 Å². The number of hydrogen-bond acceptors (Lipinski definition) is 5. The molecule has 0 bridgehead atoms. The molecule has 19 heavy (non-hydrogen) atoms. The van der Waals surface area contributed by atoms with E-state index in [9.17, 15) is 4.79 Å². The van der Waals surface area contributed by atoms with Gasteiger partial charge in [-0.1, -0.05) is 5.21 Å². The van der Waals surface area contributed by atoms with Gasteiger partial charge in [0.25, 0.3) is 0 Å². The average molecular weight is 256 g/mol. The standard InChI is InChI=1S/C13H12N4O2/c1-8-13(9(2)18)15-16-17(8)11-5-4-10(7-14)6-12(11)19-3/h4-6H,1-3H3. The number of rotatable bonds is 3. The molecule has 2 aromatic rings. The van der Waals surface area contributed by atoms with Crippen molar-refractivity contribution in [3.8, 4) is 17.5 Å². The highest BCUT2D eigenvalue weighted by Gasteiger charge is 2.16. The van der Waals surface area contributed by atoms with Crippen LogP contribution in [0.2, 0.25) is 0 Å². The molecule has 0 unspecified atom stereocenters. The van der Waals surface area contributed by atoms with Crippen molar-refractivity contribution in [3.05, 3.63) is 35.2 Å². The van der Waals surface area contributed by atoms with E-state index in [4.69, 9.17) is 10.00 Å². The number of ketones is 1. The van der Waals surface area contributed by atoms with E-state index >= 15 is 0 Å². The molecule has 0 spiro atoms. The molecular weight excluding hydrogens is 244 g/mol.